The standard InChI is InChI=1S/C33H39N3O6/c1-21-28(15-10-18-35(21)32(40)42-33(2,3)4)36(19-22-16-17-29(30(37)38)34(22)5)31(39)41-20-27-25-13-8-6-11-23(25)24-12-7-9-14-26(24)27/h6-9,11-14,16-17,21,27-28H,10,15,18-20H2,1-5H3,(H,37,38)/t21-,28+/m1/s1. The molecule has 3 aromatic rings. The summed E-state index contributed by atoms with van der Waals surface area (Å²) >= 11 is 0. The highest BCUT2D eigenvalue weighted by Gasteiger charge is 2.40. The molecule has 42 heavy (non-hydrogen) atoms. The Morgan fingerprint density at radius 1 is 0.976 bits per heavy atom. The van der Waals surface area contributed by atoms with Gasteiger partial charge in [-0.2, -0.15) is 0 Å². The number of hydrogen-bond donors (Lipinski definition) is 1. The first-order valence-corrected chi connectivity index (χ1v) is 14.5. The zero-order chi connectivity index (χ0) is 30.2. The van der Waals surface area contributed by atoms with Crippen LogP contribution in [-0.2, 0) is 23.1 Å². The van der Waals surface area contributed by atoms with E-state index in [2.05, 4.69) is 24.3 Å². The SMILES string of the molecule is C[C@@H]1[C@@H](N(Cc2ccc(C(=O)O)n2C)C(=O)OCC2c3ccccc3-c3ccccc32)CCCN1C(=O)OC(C)(C)C. The van der Waals surface area contributed by atoms with Crippen LogP contribution in [0.25, 0.3) is 11.1 Å². The van der Waals surface area contributed by atoms with E-state index in [-0.39, 0.29) is 36.8 Å². The quantitative estimate of drug-likeness (QED) is 0.373. The van der Waals surface area contributed by atoms with Crippen LogP contribution in [0.15, 0.2) is 60.7 Å². The lowest BCUT2D eigenvalue weighted by Crippen LogP contribution is -2.57. The summed E-state index contributed by atoms with van der Waals surface area (Å²) in [7, 11) is 1.67. The average molecular weight is 574 g/mol. The molecule has 2 amide bonds. The first kappa shape index (κ1) is 29.2. The first-order valence-electron chi connectivity index (χ1n) is 14.5. The summed E-state index contributed by atoms with van der Waals surface area (Å²) in [6.07, 6.45) is 0.438. The molecule has 222 valence electrons. The Kier molecular flexibility index (Phi) is 8.03. The predicted octanol–water partition coefficient (Wildman–Crippen LogP) is 6.26. The number of aromatic nitrogens is 1. The number of piperidine rings is 1. The molecular weight excluding hydrogens is 534 g/mol. The van der Waals surface area contributed by atoms with Gasteiger partial charge in [-0.3, -0.25) is 4.90 Å². The van der Waals surface area contributed by atoms with Crippen molar-refractivity contribution in [1.29, 1.82) is 0 Å². The van der Waals surface area contributed by atoms with Gasteiger partial charge in [0.1, 0.15) is 17.9 Å². The number of amides is 2. The molecule has 9 heteroatoms. The molecule has 2 heterocycles. The maximum atomic E-state index is 14.0. The highest BCUT2D eigenvalue weighted by atomic mass is 16.6. The van der Waals surface area contributed by atoms with Crippen molar-refractivity contribution < 1.29 is 29.0 Å². The van der Waals surface area contributed by atoms with Gasteiger partial charge in [0.2, 0.25) is 0 Å². The molecule has 5 rings (SSSR count). The van der Waals surface area contributed by atoms with E-state index in [1.807, 2.05) is 52.0 Å². The van der Waals surface area contributed by atoms with Gasteiger partial charge in [-0.05, 0) is 74.9 Å². The van der Waals surface area contributed by atoms with E-state index in [9.17, 15) is 19.5 Å². The van der Waals surface area contributed by atoms with Gasteiger partial charge in [-0.25, -0.2) is 14.4 Å². The lowest BCUT2D eigenvalue weighted by molar-refractivity contribution is -0.00964. The second kappa shape index (κ2) is 11.5. The molecule has 2 atom stereocenters. The zero-order valence-electron chi connectivity index (χ0n) is 24.9. The van der Waals surface area contributed by atoms with Gasteiger partial charge in [-0.1, -0.05) is 48.5 Å². The number of fused-ring (bicyclic) bond motifs is 3. The molecule has 9 nitrogen and oxygen atoms in total. The minimum absolute atomic E-state index is 0.0982. The lowest BCUT2D eigenvalue weighted by Gasteiger charge is -2.44. The second-order valence-electron chi connectivity index (χ2n) is 12.1. The Hall–Kier alpha value is -4.27. The van der Waals surface area contributed by atoms with E-state index in [1.54, 1.807) is 27.5 Å². The number of benzene rings is 2. The highest BCUT2D eigenvalue weighted by Crippen LogP contribution is 2.44. The third kappa shape index (κ3) is 5.73. The van der Waals surface area contributed by atoms with E-state index in [1.165, 1.54) is 6.07 Å². The molecule has 0 radical (unpaired) electrons. The van der Waals surface area contributed by atoms with Crippen LogP contribution >= 0.6 is 0 Å². The topological polar surface area (TPSA) is 101 Å². The summed E-state index contributed by atoms with van der Waals surface area (Å²) < 4.78 is 13.3. The summed E-state index contributed by atoms with van der Waals surface area (Å²) in [6, 6.07) is 18.9. The fourth-order valence-electron chi connectivity index (χ4n) is 6.21. The van der Waals surface area contributed by atoms with Crippen LogP contribution in [0.3, 0.4) is 0 Å². The van der Waals surface area contributed by atoms with Crippen molar-refractivity contribution in [1.82, 2.24) is 14.4 Å². The van der Waals surface area contributed by atoms with E-state index >= 15 is 0 Å². The minimum Gasteiger partial charge on any atom is -0.477 e. The summed E-state index contributed by atoms with van der Waals surface area (Å²) in [5, 5.41) is 9.58. The molecule has 0 saturated carbocycles. The smallest absolute Gasteiger partial charge is 0.410 e. The third-order valence-electron chi connectivity index (χ3n) is 8.32. The Morgan fingerprint density at radius 3 is 2.17 bits per heavy atom. The van der Waals surface area contributed by atoms with Crippen LogP contribution in [0.4, 0.5) is 9.59 Å². The maximum absolute atomic E-state index is 14.0. The fraction of sp³-hybridized carbons (Fsp3) is 0.424. The Labute approximate surface area is 246 Å². The zero-order valence-corrected chi connectivity index (χ0v) is 24.9. The molecule has 2 aromatic carbocycles. The molecule has 0 bridgehead atoms. The molecule has 1 saturated heterocycles. The van der Waals surface area contributed by atoms with Gasteiger partial charge in [0.25, 0.3) is 0 Å². The van der Waals surface area contributed by atoms with E-state index in [4.69, 9.17) is 9.47 Å². The Bertz CT molecular complexity index is 1440. The number of carboxylic acid groups (broad SMARTS) is 1. The van der Waals surface area contributed by atoms with E-state index < -0.39 is 23.8 Å². The Balaban J connectivity index is 1.41. The molecule has 1 aliphatic heterocycles. The summed E-state index contributed by atoms with van der Waals surface area (Å²) in [5.74, 6) is -1.14. The van der Waals surface area contributed by atoms with Gasteiger partial charge in [0.05, 0.1) is 18.6 Å². The monoisotopic (exact) mass is 573 g/mol. The number of carboxylic acids is 1. The van der Waals surface area contributed by atoms with Gasteiger partial charge in [0.15, 0.2) is 0 Å². The van der Waals surface area contributed by atoms with Crippen molar-refractivity contribution in [2.75, 3.05) is 13.2 Å². The van der Waals surface area contributed by atoms with Crippen molar-refractivity contribution in [3.8, 4) is 11.1 Å². The highest BCUT2D eigenvalue weighted by molar-refractivity contribution is 5.86. The first-order chi connectivity index (χ1) is 20.0. The molecule has 1 N–H and O–H groups in total. The average Bonchev–Trinajstić information content (AvgIpc) is 3.47. The van der Waals surface area contributed by atoms with Gasteiger partial charge in [-0.15, -0.1) is 0 Å². The largest absolute Gasteiger partial charge is 0.477 e. The number of ether oxygens (including phenoxy) is 2. The number of carbonyl (C=O) groups is 3. The summed E-state index contributed by atoms with van der Waals surface area (Å²) in [4.78, 5) is 42.1. The van der Waals surface area contributed by atoms with Crippen LogP contribution in [0.5, 0.6) is 0 Å². The number of likely N-dealkylation sites (tertiary alicyclic amines) is 1. The van der Waals surface area contributed by atoms with E-state index in [0.29, 0.717) is 25.1 Å². The van der Waals surface area contributed by atoms with Crippen LogP contribution in [-0.4, -0.2) is 68.5 Å². The van der Waals surface area contributed by atoms with Crippen molar-refractivity contribution >= 4 is 18.2 Å². The Morgan fingerprint density at radius 2 is 1.60 bits per heavy atom. The van der Waals surface area contributed by atoms with Gasteiger partial charge in [0, 0.05) is 25.2 Å². The van der Waals surface area contributed by atoms with Crippen molar-refractivity contribution in [2.45, 2.75) is 70.7 Å². The molecule has 2 aliphatic rings. The van der Waals surface area contributed by atoms with Crippen LogP contribution in [0, 0.1) is 0 Å². The predicted molar refractivity (Wildman–Crippen MR) is 158 cm³/mol. The number of rotatable bonds is 6. The minimum atomic E-state index is -1.04. The molecule has 1 aliphatic carbocycles. The lowest BCUT2D eigenvalue weighted by atomic mass is 9.96. The van der Waals surface area contributed by atoms with Gasteiger partial charge >= 0.3 is 18.2 Å². The van der Waals surface area contributed by atoms with Crippen molar-refractivity contribution in [3.05, 3.63) is 83.2 Å². The second-order valence-corrected chi connectivity index (χ2v) is 12.1. The van der Waals surface area contributed by atoms with Gasteiger partial charge < -0.3 is 24.0 Å². The van der Waals surface area contributed by atoms with Crippen LogP contribution < -0.4 is 0 Å². The van der Waals surface area contributed by atoms with Crippen molar-refractivity contribution in [2.24, 2.45) is 7.05 Å². The molecule has 0 spiro atoms. The van der Waals surface area contributed by atoms with Crippen LogP contribution in [0.1, 0.15) is 73.8 Å². The fourth-order valence-corrected chi connectivity index (χ4v) is 6.21. The normalized spacial score (nSPS) is 18.3. The molecular formula is C33H39N3O6. The van der Waals surface area contributed by atoms with E-state index in [0.717, 1.165) is 22.3 Å². The van der Waals surface area contributed by atoms with Crippen LogP contribution in [0.2, 0.25) is 0 Å². The number of nitrogens with zero attached hydrogens (tertiary/aromatic N) is 3. The third-order valence-corrected chi connectivity index (χ3v) is 8.32. The summed E-state index contributed by atoms with van der Waals surface area (Å²) in [6.45, 7) is 8.23. The van der Waals surface area contributed by atoms with Crippen molar-refractivity contribution in [3.63, 3.8) is 0 Å². The molecule has 0 unspecified atom stereocenters. The molecule has 1 aromatic heterocycles. The maximum Gasteiger partial charge on any atom is 0.410 e. The molecule has 1 fully saturated rings. The number of hydrogen-bond acceptors (Lipinski definition) is 5. The number of aromatic carboxylic acids is 1. The summed E-state index contributed by atoms with van der Waals surface area (Å²) in [5.41, 5.74) is 4.66. The number of carbonyl (C=O) groups excluding carboxylic acids is 2.